The van der Waals surface area contributed by atoms with Gasteiger partial charge in [0.2, 0.25) is 0 Å². The SMILES string of the molecule is CCCCCCCCCCCCCCCCCCCCC.CCCCCCCCCCCCCCCCCCCCCCCCC(=O)O. The van der Waals surface area contributed by atoms with Crippen LogP contribution in [0.15, 0.2) is 0 Å². The molecule has 2 heteroatoms. The quantitative estimate of drug-likeness (QED) is 0.0653. The second-order valence-corrected chi connectivity index (χ2v) is 15.6. The number of hydrogen-bond donors (Lipinski definition) is 1. The molecule has 0 unspecified atom stereocenters. The molecule has 0 aromatic rings. The van der Waals surface area contributed by atoms with Gasteiger partial charge in [-0.25, -0.2) is 0 Å². The summed E-state index contributed by atoms with van der Waals surface area (Å²) < 4.78 is 0. The number of hydrogen-bond acceptors (Lipinski definition) is 1. The summed E-state index contributed by atoms with van der Waals surface area (Å²) in [6.45, 7) is 6.89. The van der Waals surface area contributed by atoms with Gasteiger partial charge in [0.05, 0.1) is 0 Å². The maximum atomic E-state index is 10.4. The first-order chi connectivity index (χ1) is 23.7. The molecule has 0 aliphatic rings. The van der Waals surface area contributed by atoms with Crippen molar-refractivity contribution in [3.63, 3.8) is 0 Å². The third kappa shape index (κ3) is 52.3. The molecule has 0 spiro atoms. The van der Waals surface area contributed by atoms with Crippen LogP contribution in [0.2, 0.25) is 0 Å². The molecule has 0 aliphatic carbocycles. The molecule has 48 heavy (non-hydrogen) atoms. The standard InChI is InChI=1S/C25H50O2.C21H44/c1-2-3-4-5-6-7-8-9-10-11-12-13-14-15-16-17-18-19-20-21-22-23-24-25(26)27;1-3-5-7-9-11-13-15-17-19-21-20-18-16-14-12-10-8-6-4-2/h2-24H2,1H3,(H,26,27);3-21H2,1-2H3. The average molecular weight is 679 g/mol. The molecule has 2 nitrogen and oxygen atoms in total. The summed E-state index contributed by atoms with van der Waals surface area (Å²) >= 11 is 0. The van der Waals surface area contributed by atoms with E-state index in [1.807, 2.05) is 0 Å². The van der Waals surface area contributed by atoms with Crippen LogP contribution in [0.5, 0.6) is 0 Å². The lowest BCUT2D eigenvalue weighted by Gasteiger charge is -2.04. The molecule has 0 aromatic heterocycles. The first-order valence-electron chi connectivity index (χ1n) is 22.9. The molecule has 0 bridgehead atoms. The van der Waals surface area contributed by atoms with E-state index in [1.165, 1.54) is 250 Å². The van der Waals surface area contributed by atoms with Gasteiger partial charge in [0.25, 0.3) is 0 Å². The van der Waals surface area contributed by atoms with Crippen molar-refractivity contribution in [1.29, 1.82) is 0 Å². The average Bonchev–Trinajstić information content (AvgIpc) is 3.08. The fourth-order valence-electron chi connectivity index (χ4n) is 7.04. The van der Waals surface area contributed by atoms with Crippen LogP contribution < -0.4 is 0 Å². The van der Waals surface area contributed by atoms with Crippen LogP contribution in [0.4, 0.5) is 0 Å². The molecule has 0 radical (unpaired) electrons. The minimum atomic E-state index is -0.650. The van der Waals surface area contributed by atoms with Gasteiger partial charge in [-0.15, -0.1) is 0 Å². The highest BCUT2D eigenvalue weighted by Gasteiger charge is 1.98. The van der Waals surface area contributed by atoms with Gasteiger partial charge < -0.3 is 5.11 Å². The van der Waals surface area contributed by atoms with E-state index in [1.54, 1.807) is 0 Å². The van der Waals surface area contributed by atoms with Gasteiger partial charge in [0.1, 0.15) is 0 Å². The highest BCUT2D eigenvalue weighted by molar-refractivity contribution is 5.66. The van der Waals surface area contributed by atoms with Crippen molar-refractivity contribution in [2.75, 3.05) is 0 Å². The predicted octanol–water partition coefficient (Wildman–Crippen LogP) is 17.5. The molecule has 0 atom stereocenters. The number of carbonyl (C=O) groups is 1. The molecule has 290 valence electrons. The number of carboxylic acids is 1. The van der Waals surface area contributed by atoms with E-state index < -0.39 is 5.97 Å². The minimum absolute atomic E-state index is 0.346. The van der Waals surface area contributed by atoms with Crippen molar-refractivity contribution < 1.29 is 9.90 Å². The lowest BCUT2D eigenvalue weighted by atomic mass is 10.0. The molecule has 0 rings (SSSR count). The maximum Gasteiger partial charge on any atom is 0.303 e. The van der Waals surface area contributed by atoms with Gasteiger partial charge in [-0.05, 0) is 6.42 Å². The Kier molecular flexibility index (Phi) is 50.2. The molecule has 0 aromatic carbocycles. The van der Waals surface area contributed by atoms with Crippen LogP contribution in [0.1, 0.15) is 290 Å². The number of aliphatic carboxylic acids is 1. The Bertz CT molecular complexity index is 526. The Labute approximate surface area is 305 Å². The Morgan fingerprint density at radius 1 is 0.250 bits per heavy atom. The first kappa shape index (κ1) is 49.6. The van der Waals surface area contributed by atoms with Crippen molar-refractivity contribution in [2.24, 2.45) is 0 Å². The highest BCUT2D eigenvalue weighted by atomic mass is 16.4. The number of unbranched alkanes of at least 4 members (excludes halogenated alkanes) is 39. The lowest BCUT2D eigenvalue weighted by Crippen LogP contribution is -1.93. The Morgan fingerprint density at radius 3 is 0.500 bits per heavy atom. The van der Waals surface area contributed by atoms with Crippen molar-refractivity contribution in [2.45, 2.75) is 290 Å². The zero-order valence-electron chi connectivity index (χ0n) is 34.1. The van der Waals surface area contributed by atoms with E-state index >= 15 is 0 Å². The summed E-state index contributed by atoms with van der Waals surface area (Å²) in [5, 5.41) is 8.58. The zero-order valence-corrected chi connectivity index (χ0v) is 34.1. The molecule has 0 amide bonds. The van der Waals surface area contributed by atoms with Crippen LogP contribution in [0.25, 0.3) is 0 Å². The molecule has 0 heterocycles. The van der Waals surface area contributed by atoms with Crippen LogP contribution in [0.3, 0.4) is 0 Å². The molecule has 1 N–H and O–H groups in total. The third-order valence-electron chi connectivity index (χ3n) is 10.5. The fourth-order valence-corrected chi connectivity index (χ4v) is 7.04. The molecule has 0 saturated heterocycles. The molecule has 0 aliphatic heterocycles. The van der Waals surface area contributed by atoms with E-state index in [4.69, 9.17) is 5.11 Å². The van der Waals surface area contributed by atoms with Gasteiger partial charge in [0, 0.05) is 6.42 Å². The maximum absolute atomic E-state index is 10.4. The van der Waals surface area contributed by atoms with Crippen molar-refractivity contribution >= 4 is 5.97 Å². The van der Waals surface area contributed by atoms with E-state index in [2.05, 4.69) is 20.8 Å². The fraction of sp³-hybridized carbons (Fsp3) is 0.978. The molecular formula is C46H94O2. The van der Waals surface area contributed by atoms with E-state index in [0.717, 1.165) is 12.8 Å². The summed E-state index contributed by atoms with van der Waals surface area (Å²) in [5.74, 6) is -0.650. The second kappa shape index (κ2) is 48.6. The zero-order chi connectivity index (χ0) is 35.3. The topological polar surface area (TPSA) is 37.3 Å². The van der Waals surface area contributed by atoms with Gasteiger partial charge in [-0.1, -0.05) is 278 Å². The van der Waals surface area contributed by atoms with E-state index in [9.17, 15) is 4.79 Å². The van der Waals surface area contributed by atoms with Crippen LogP contribution >= 0.6 is 0 Å². The van der Waals surface area contributed by atoms with E-state index in [0.29, 0.717) is 6.42 Å². The summed E-state index contributed by atoms with van der Waals surface area (Å²) in [5.41, 5.74) is 0. The summed E-state index contributed by atoms with van der Waals surface area (Å²) in [6.07, 6.45) is 58.4. The van der Waals surface area contributed by atoms with Crippen LogP contribution in [-0.4, -0.2) is 11.1 Å². The summed E-state index contributed by atoms with van der Waals surface area (Å²) in [6, 6.07) is 0. The van der Waals surface area contributed by atoms with Crippen molar-refractivity contribution in [1.82, 2.24) is 0 Å². The summed E-state index contributed by atoms with van der Waals surface area (Å²) in [7, 11) is 0. The Hall–Kier alpha value is -0.530. The Morgan fingerprint density at radius 2 is 0.375 bits per heavy atom. The van der Waals surface area contributed by atoms with Gasteiger partial charge in [0.15, 0.2) is 0 Å². The molecule has 0 fully saturated rings. The summed E-state index contributed by atoms with van der Waals surface area (Å²) in [4.78, 5) is 10.4. The predicted molar refractivity (Wildman–Crippen MR) is 219 cm³/mol. The minimum Gasteiger partial charge on any atom is -0.481 e. The number of carboxylic acid groups (broad SMARTS) is 1. The largest absolute Gasteiger partial charge is 0.481 e. The van der Waals surface area contributed by atoms with Gasteiger partial charge in [-0.3, -0.25) is 4.79 Å². The van der Waals surface area contributed by atoms with Gasteiger partial charge >= 0.3 is 5.97 Å². The van der Waals surface area contributed by atoms with Crippen LogP contribution in [0, 0.1) is 0 Å². The lowest BCUT2D eigenvalue weighted by molar-refractivity contribution is -0.137. The Balaban J connectivity index is 0. The smallest absolute Gasteiger partial charge is 0.303 e. The monoisotopic (exact) mass is 679 g/mol. The molecular weight excluding hydrogens is 585 g/mol. The van der Waals surface area contributed by atoms with Gasteiger partial charge in [-0.2, -0.15) is 0 Å². The third-order valence-corrected chi connectivity index (χ3v) is 10.5. The molecule has 0 saturated carbocycles. The number of rotatable bonds is 41. The van der Waals surface area contributed by atoms with Crippen molar-refractivity contribution in [3.05, 3.63) is 0 Å². The second-order valence-electron chi connectivity index (χ2n) is 15.6. The highest BCUT2D eigenvalue weighted by Crippen LogP contribution is 2.16. The normalized spacial score (nSPS) is 11.1. The van der Waals surface area contributed by atoms with Crippen molar-refractivity contribution in [3.8, 4) is 0 Å². The van der Waals surface area contributed by atoms with E-state index in [-0.39, 0.29) is 0 Å². The van der Waals surface area contributed by atoms with Crippen LogP contribution in [-0.2, 0) is 4.79 Å². The first-order valence-corrected chi connectivity index (χ1v) is 22.9.